The summed E-state index contributed by atoms with van der Waals surface area (Å²) in [5.74, 6) is -0.262. The van der Waals surface area contributed by atoms with Crippen LogP contribution in [0.15, 0.2) is 18.6 Å². The lowest BCUT2D eigenvalue weighted by Crippen LogP contribution is -2.33. The molecule has 0 aliphatic carbocycles. The third-order valence-corrected chi connectivity index (χ3v) is 2.34. The number of nitrogens with zero attached hydrogens (tertiary/aromatic N) is 2. The molecule has 0 spiro atoms. The van der Waals surface area contributed by atoms with Crippen LogP contribution in [0.5, 0.6) is 0 Å². The SMILES string of the molecule is CCCC(C(=O)Nc1cnccn1)C(N)=S. The monoisotopic (exact) mass is 238 g/mol. The molecule has 1 aromatic heterocycles. The van der Waals surface area contributed by atoms with Crippen LogP contribution in [0.1, 0.15) is 19.8 Å². The lowest BCUT2D eigenvalue weighted by molar-refractivity contribution is -0.118. The van der Waals surface area contributed by atoms with Crippen molar-refractivity contribution in [2.75, 3.05) is 5.32 Å². The van der Waals surface area contributed by atoms with Gasteiger partial charge in [-0.05, 0) is 6.42 Å². The van der Waals surface area contributed by atoms with Crippen molar-refractivity contribution in [2.45, 2.75) is 19.8 Å². The highest BCUT2D eigenvalue weighted by atomic mass is 32.1. The molecule has 1 amide bonds. The van der Waals surface area contributed by atoms with Gasteiger partial charge in [-0.1, -0.05) is 25.6 Å². The van der Waals surface area contributed by atoms with Crippen molar-refractivity contribution in [3.8, 4) is 0 Å². The lowest BCUT2D eigenvalue weighted by Gasteiger charge is -2.13. The molecule has 86 valence electrons. The zero-order valence-electron chi connectivity index (χ0n) is 9.01. The van der Waals surface area contributed by atoms with E-state index in [0.717, 1.165) is 6.42 Å². The lowest BCUT2D eigenvalue weighted by atomic mass is 10.0. The van der Waals surface area contributed by atoms with Crippen molar-refractivity contribution in [2.24, 2.45) is 11.7 Å². The van der Waals surface area contributed by atoms with Crippen LogP contribution in [0.25, 0.3) is 0 Å². The number of anilines is 1. The molecule has 1 heterocycles. The fourth-order valence-corrected chi connectivity index (χ4v) is 1.49. The van der Waals surface area contributed by atoms with Gasteiger partial charge in [-0.2, -0.15) is 0 Å². The molecule has 1 rings (SSSR count). The van der Waals surface area contributed by atoms with Crippen LogP contribution in [0.4, 0.5) is 5.82 Å². The molecule has 1 unspecified atom stereocenters. The first-order chi connectivity index (χ1) is 7.65. The van der Waals surface area contributed by atoms with Crippen molar-refractivity contribution < 1.29 is 4.79 Å². The minimum atomic E-state index is -0.443. The third-order valence-electron chi connectivity index (χ3n) is 2.05. The first-order valence-electron chi connectivity index (χ1n) is 5.01. The van der Waals surface area contributed by atoms with E-state index < -0.39 is 5.92 Å². The van der Waals surface area contributed by atoms with E-state index in [1.807, 2.05) is 6.92 Å². The van der Waals surface area contributed by atoms with E-state index in [2.05, 4.69) is 15.3 Å². The maximum Gasteiger partial charge on any atom is 0.235 e. The van der Waals surface area contributed by atoms with E-state index >= 15 is 0 Å². The predicted octanol–water partition coefficient (Wildman–Crippen LogP) is 1.12. The first-order valence-corrected chi connectivity index (χ1v) is 5.42. The highest BCUT2D eigenvalue weighted by molar-refractivity contribution is 7.80. The minimum absolute atomic E-state index is 0.211. The number of carbonyl (C=O) groups is 1. The van der Waals surface area contributed by atoms with Crippen LogP contribution in [0.3, 0.4) is 0 Å². The van der Waals surface area contributed by atoms with Gasteiger partial charge >= 0.3 is 0 Å². The Balaban J connectivity index is 2.66. The molecule has 0 radical (unpaired) electrons. The summed E-state index contributed by atoms with van der Waals surface area (Å²) >= 11 is 4.86. The first kappa shape index (κ1) is 12.5. The van der Waals surface area contributed by atoms with Gasteiger partial charge in [0.15, 0.2) is 5.82 Å². The van der Waals surface area contributed by atoms with E-state index in [4.69, 9.17) is 18.0 Å². The van der Waals surface area contributed by atoms with Crippen LogP contribution in [0, 0.1) is 5.92 Å². The number of nitrogens with one attached hydrogen (secondary N) is 1. The molecule has 1 aromatic rings. The summed E-state index contributed by atoms with van der Waals surface area (Å²) in [6, 6.07) is 0. The van der Waals surface area contributed by atoms with Crippen molar-refractivity contribution in [3.63, 3.8) is 0 Å². The summed E-state index contributed by atoms with van der Waals surface area (Å²) in [5.41, 5.74) is 5.51. The van der Waals surface area contributed by atoms with Crippen LogP contribution in [-0.2, 0) is 4.79 Å². The smallest absolute Gasteiger partial charge is 0.235 e. The van der Waals surface area contributed by atoms with E-state index in [1.165, 1.54) is 18.6 Å². The van der Waals surface area contributed by atoms with E-state index in [1.54, 1.807) is 0 Å². The van der Waals surface area contributed by atoms with E-state index in [-0.39, 0.29) is 10.9 Å². The van der Waals surface area contributed by atoms with Gasteiger partial charge in [0.1, 0.15) is 0 Å². The van der Waals surface area contributed by atoms with E-state index in [0.29, 0.717) is 12.2 Å². The molecular formula is C10H14N4OS. The molecule has 0 aromatic carbocycles. The molecule has 0 fully saturated rings. The third kappa shape index (κ3) is 3.54. The van der Waals surface area contributed by atoms with Gasteiger partial charge in [-0.25, -0.2) is 4.98 Å². The Kier molecular flexibility index (Phi) is 4.78. The Morgan fingerprint density at radius 2 is 2.38 bits per heavy atom. The van der Waals surface area contributed by atoms with Gasteiger partial charge in [0.2, 0.25) is 5.91 Å². The quantitative estimate of drug-likeness (QED) is 0.751. The molecule has 0 aliphatic rings. The molecule has 0 aliphatic heterocycles. The topological polar surface area (TPSA) is 80.9 Å². The average molecular weight is 238 g/mol. The molecule has 6 heteroatoms. The number of hydrogen-bond donors (Lipinski definition) is 2. The predicted molar refractivity (Wildman–Crippen MR) is 65.8 cm³/mol. The van der Waals surface area contributed by atoms with Crippen molar-refractivity contribution in [1.82, 2.24) is 9.97 Å². The number of rotatable bonds is 5. The van der Waals surface area contributed by atoms with Gasteiger partial charge in [0.25, 0.3) is 0 Å². The Morgan fingerprint density at radius 3 is 2.88 bits per heavy atom. The number of aromatic nitrogens is 2. The summed E-state index contributed by atoms with van der Waals surface area (Å²) in [7, 11) is 0. The Morgan fingerprint density at radius 1 is 1.62 bits per heavy atom. The van der Waals surface area contributed by atoms with Gasteiger partial charge in [-0.3, -0.25) is 9.78 Å². The summed E-state index contributed by atoms with van der Waals surface area (Å²) in [6.45, 7) is 1.97. The molecule has 5 nitrogen and oxygen atoms in total. The van der Waals surface area contributed by atoms with Crippen LogP contribution in [0.2, 0.25) is 0 Å². The molecule has 0 bridgehead atoms. The standard InChI is InChI=1S/C10H14N4OS/c1-2-3-7(9(11)16)10(15)14-8-6-12-4-5-13-8/h4-7H,2-3H2,1H3,(H2,11,16)(H,13,14,15). The largest absolute Gasteiger partial charge is 0.393 e. The van der Waals surface area contributed by atoms with Gasteiger partial charge in [0.05, 0.1) is 17.1 Å². The van der Waals surface area contributed by atoms with Gasteiger partial charge in [0, 0.05) is 12.4 Å². The van der Waals surface area contributed by atoms with Crippen LogP contribution in [-0.4, -0.2) is 20.9 Å². The molecule has 1 atom stereocenters. The number of thiocarbonyl (C=S) groups is 1. The number of carbonyl (C=O) groups excluding carboxylic acids is 1. The Hall–Kier alpha value is -1.56. The molecule has 0 saturated heterocycles. The van der Waals surface area contributed by atoms with Crippen LogP contribution >= 0.6 is 12.2 Å². The van der Waals surface area contributed by atoms with Gasteiger partial charge in [-0.15, -0.1) is 0 Å². The normalized spacial score (nSPS) is 11.8. The Labute approximate surface area is 99.5 Å². The van der Waals surface area contributed by atoms with Crippen molar-refractivity contribution in [3.05, 3.63) is 18.6 Å². The summed E-state index contributed by atoms with van der Waals surface area (Å²) in [5, 5.41) is 2.63. The van der Waals surface area contributed by atoms with E-state index in [9.17, 15) is 4.79 Å². The van der Waals surface area contributed by atoms with Crippen LogP contribution < -0.4 is 11.1 Å². The Bertz CT molecular complexity index is 368. The highest BCUT2D eigenvalue weighted by Crippen LogP contribution is 2.10. The fourth-order valence-electron chi connectivity index (χ4n) is 1.27. The summed E-state index contributed by atoms with van der Waals surface area (Å²) in [4.78, 5) is 19.8. The summed E-state index contributed by atoms with van der Waals surface area (Å²) < 4.78 is 0. The van der Waals surface area contributed by atoms with Crippen molar-refractivity contribution >= 4 is 28.9 Å². The maximum absolute atomic E-state index is 11.8. The number of nitrogens with two attached hydrogens (primary N) is 1. The molecule has 16 heavy (non-hydrogen) atoms. The summed E-state index contributed by atoms with van der Waals surface area (Å²) in [6.07, 6.45) is 6.00. The molecule has 3 N–H and O–H groups in total. The molecular weight excluding hydrogens is 224 g/mol. The second-order valence-corrected chi connectivity index (χ2v) is 3.79. The maximum atomic E-state index is 11.8. The van der Waals surface area contributed by atoms with Crippen molar-refractivity contribution in [1.29, 1.82) is 0 Å². The fraction of sp³-hybridized carbons (Fsp3) is 0.400. The number of hydrogen-bond acceptors (Lipinski definition) is 4. The van der Waals surface area contributed by atoms with Gasteiger partial charge < -0.3 is 11.1 Å². The highest BCUT2D eigenvalue weighted by Gasteiger charge is 2.20. The number of amides is 1. The zero-order valence-corrected chi connectivity index (χ0v) is 9.83. The second kappa shape index (κ2) is 6.12. The average Bonchev–Trinajstić information content (AvgIpc) is 2.26. The minimum Gasteiger partial charge on any atom is -0.393 e. The second-order valence-electron chi connectivity index (χ2n) is 3.32. The zero-order chi connectivity index (χ0) is 12.0. The molecule has 0 saturated carbocycles.